The highest BCUT2D eigenvalue weighted by atomic mass is 79.9. The van der Waals surface area contributed by atoms with Crippen LogP contribution < -0.4 is 10.5 Å². The molecule has 0 saturated heterocycles. The van der Waals surface area contributed by atoms with Crippen LogP contribution in [0.5, 0.6) is 5.75 Å². The van der Waals surface area contributed by atoms with Crippen LogP contribution in [-0.2, 0) is 22.6 Å². The van der Waals surface area contributed by atoms with Gasteiger partial charge in [0, 0.05) is 15.7 Å². The highest BCUT2D eigenvalue weighted by molar-refractivity contribution is 9.10. The quantitative estimate of drug-likeness (QED) is 0.664. The minimum atomic E-state index is -0.303. The molecule has 2 N–H and O–H groups in total. The summed E-state index contributed by atoms with van der Waals surface area (Å²) >= 11 is 3.38. The molecule has 4 nitrogen and oxygen atoms in total. The minimum absolute atomic E-state index is 0.170. The first-order chi connectivity index (χ1) is 10.1. The van der Waals surface area contributed by atoms with Crippen molar-refractivity contribution in [2.75, 3.05) is 12.8 Å². The van der Waals surface area contributed by atoms with Crippen molar-refractivity contribution in [1.82, 2.24) is 0 Å². The van der Waals surface area contributed by atoms with E-state index in [0.717, 1.165) is 15.6 Å². The molecule has 0 aromatic heterocycles. The van der Waals surface area contributed by atoms with Crippen LogP contribution in [0, 0.1) is 0 Å². The average Bonchev–Trinajstić information content (AvgIpc) is 2.45. The third-order valence-corrected chi connectivity index (χ3v) is 3.42. The van der Waals surface area contributed by atoms with Gasteiger partial charge >= 0.3 is 5.97 Å². The number of carbonyl (C=O) groups excluding carboxylic acids is 1. The number of hydrogen-bond acceptors (Lipinski definition) is 4. The van der Waals surface area contributed by atoms with Crippen molar-refractivity contribution < 1.29 is 14.3 Å². The number of anilines is 1. The summed E-state index contributed by atoms with van der Waals surface area (Å²) in [5, 5.41) is 0. The maximum atomic E-state index is 11.9. The molecule has 2 aromatic rings. The number of nitrogen functional groups attached to an aromatic ring is 1. The second kappa shape index (κ2) is 7.13. The van der Waals surface area contributed by atoms with Gasteiger partial charge in [-0.1, -0.05) is 28.1 Å². The Hall–Kier alpha value is -2.01. The van der Waals surface area contributed by atoms with Gasteiger partial charge in [-0.3, -0.25) is 4.79 Å². The van der Waals surface area contributed by atoms with Gasteiger partial charge in [0.25, 0.3) is 0 Å². The lowest BCUT2D eigenvalue weighted by Gasteiger charge is -2.10. The fourth-order valence-corrected chi connectivity index (χ4v) is 2.35. The highest BCUT2D eigenvalue weighted by Gasteiger charge is 2.09. The van der Waals surface area contributed by atoms with Crippen molar-refractivity contribution in [1.29, 1.82) is 0 Å². The first kappa shape index (κ1) is 15.4. The second-order valence-corrected chi connectivity index (χ2v) is 5.45. The molecule has 5 heteroatoms. The molecule has 2 rings (SSSR count). The molecule has 0 bridgehead atoms. The molecule has 0 aliphatic carbocycles. The molecule has 0 saturated carbocycles. The van der Waals surface area contributed by atoms with E-state index in [1.54, 1.807) is 19.2 Å². The molecule has 0 unspecified atom stereocenters. The van der Waals surface area contributed by atoms with Crippen molar-refractivity contribution in [2.45, 2.75) is 13.0 Å². The van der Waals surface area contributed by atoms with Crippen LogP contribution in [0.1, 0.15) is 11.1 Å². The molecule has 0 spiro atoms. The third kappa shape index (κ3) is 4.49. The molecule has 0 amide bonds. The van der Waals surface area contributed by atoms with Gasteiger partial charge in [0.05, 0.1) is 13.5 Å². The maximum Gasteiger partial charge on any atom is 0.310 e. The number of halogens is 1. The van der Waals surface area contributed by atoms with E-state index in [9.17, 15) is 4.79 Å². The Bertz CT molecular complexity index is 643. The second-order valence-electron chi connectivity index (χ2n) is 4.54. The van der Waals surface area contributed by atoms with Gasteiger partial charge in [-0.25, -0.2) is 0 Å². The van der Waals surface area contributed by atoms with Crippen LogP contribution in [-0.4, -0.2) is 13.1 Å². The molecule has 21 heavy (non-hydrogen) atoms. The predicted octanol–water partition coefficient (Wildman–Crippen LogP) is 3.33. The standard InChI is InChI=1S/C16H16BrNO3/c1-20-15-6-5-13(17)9-12(15)10-21-16(19)8-11-3-2-4-14(18)7-11/h2-7,9H,8,10,18H2,1H3. The van der Waals surface area contributed by atoms with Crippen LogP contribution in [0.2, 0.25) is 0 Å². The van der Waals surface area contributed by atoms with E-state index in [-0.39, 0.29) is 19.0 Å². The maximum absolute atomic E-state index is 11.9. The summed E-state index contributed by atoms with van der Waals surface area (Å²) in [6.45, 7) is 0.170. The van der Waals surface area contributed by atoms with Crippen molar-refractivity contribution in [3.05, 3.63) is 58.1 Å². The Morgan fingerprint density at radius 1 is 1.24 bits per heavy atom. The Morgan fingerprint density at radius 3 is 2.76 bits per heavy atom. The Labute approximate surface area is 132 Å². The van der Waals surface area contributed by atoms with Gasteiger partial charge in [-0.2, -0.15) is 0 Å². The molecule has 0 heterocycles. The van der Waals surface area contributed by atoms with Crippen molar-refractivity contribution in [2.24, 2.45) is 0 Å². The zero-order chi connectivity index (χ0) is 15.2. The van der Waals surface area contributed by atoms with E-state index >= 15 is 0 Å². The molecule has 0 atom stereocenters. The van der Waals surface area contributed by atoms with Crippen molar-refractivity contribution in [3.63, 3.8) is 0 Å². The Balaban J connectivity index is 1.96. The fraction of sp³-hybridized carbons (Fsp3) is 0.188. The number of benzene rings is 2. The number of nitrogens with two attached hydrogens (primary N) is 1. The average molecular weight is 350 g/mol. The first-order valence-electron chi connectivity index (χ1n) is 6.41. The van der Waals surface area contributed by atoms with Gasteiger partial charge in [-0.15, -0.1) is 0 Å². The zero-order valence-electron chi connectivity index (χ0n) is 11.6. The summed E-state index contributed by atoms with van der Waals surface area (Å²) in [4.78, 5) is 11.9. The number of ether oxygens (including phenoxy) is 2. The third-order valence-electron chi connectivity index (χ3n) is 2.93. The topological polar surface area (TPSA) is 61.5 Å². The molecule has 0 fully saturated rings. The SMILES string of the molecule is COc1ccc(Br)cc1COC(=O)Cc1cccc(N)c1. The first-order valence-corrected chi connectivity index (χ1v) is 7.20. The molecule has 110 valence electrons. The van der Waals surface area contributed by atoms with Crippen LogP contribution in [0.4, 0.5) is 5.69 Å². The summed E-state index contributed by atoms with van der Waals surface area (Å²) < 4.78 is 11.4. The summed E-state index contributed by atoms with van der Waals surface area (Å²) in [7, 11) is 1.58. The molecule has 0 aliphatic heterocycles. The minimum Gasteiger partial charge on any atom is -0.496 e. The van der Waals surface area contributed by atoms with Crippen molar-refractivity contribution >= 4 is 27.6 Å². The number of methoxy groups -OCH3 is 1. The summed E-state index contributed by atoms with van der Waals surface area (Å²) in [5.41, 5.74) is 7.96. The van der Waals surface area contributed by atoms with E-state index in [0.29, 0.717) is 11.4 Å². The monoisotopic (exact) mass is 349 g/mol. The van der Waals surface area contributed by atoms with Gasteiger partial charge in [0.1, 0.15) is 12.4 Å². The van der Waals surface area contributed by atoms with E-state index < -0.39 is 0 Å². The van der Waals surface area contributed by atoms with E-state index in [1.807, 2.05) is 30.3 Å². The van der Waals surface area contributed by atoms with E-state index in [1.165, 1.54) is 0 Å². The molecular formula is C16H16BrNO3. The zero-order valence-corrected chi connectivity index (χ0v) is 13.2. The summed E-state index contributed by atoms with van der Waals surface area (Å²) in [5.74, 6) is 0.387. The van der Waals surface area contributed by atoms with Gasteiger partial charge in [0.15, 0.2) is 0 Å². The lowest BCUT2D eigenvalue weighted by atomic mass is 10.1. The number of esters is 1. The Morgan fingerprint density at radius 2 is 2.05 bits per heavy atom. The number of rotatable bonds is 5. The van der Waals surface area contributed by atoms with E-state index in [4.69, 9.17) is 15.2 Å². The lowest BCUT2D eigenvalue weighted by Crippen LogP contribution is -2.08. The molecule has 0 aliphatic rings. The van der Waals surface area contributed by atoms with Gasteiger partial charge < -0.3 is 15.2 Å². The van der Waals surface area contributed by atoms with E-state index in [2.05, 4.69) is 15.9 Å². The molecule has 2 aromatic carbocycles. The number of carbonyl (C=O) groups is 1. The fourth-order valence-electron chi connectivity index (χ4n) is 1.94. The lowest BCUT2D eigenvalue weighted by molar-refractivity contribution is -0.144. The smallest absolute Gasteiger partial charge is 0.310 e. The van der Waals surface area contributed by atoms with Crippen LogP contribution in [0.25, 0.3) is 0 Å². The van der Waals surface area contributed by atoms with Crippen molar-refractivity contribution in [3.8, 4) is 5.75 Å². The summed E-state index contributed by atoms with van der Waals surface area (Å²) in [6, 6.07) is 12.8. The largest absolute Gasteiger partial charge is 0.496 e. The summed E-state index contributed by atoms with van der Waals surface area (Å²) in [6.07, 6.45) is 0.196. The predicted molar refractivity (Wildman–Crippen MR) is 85.0 cm³/mol. The van der Waals surface area contributed by atoms with Crippen LogP contribution >= 0.6 is 15.9 Å². The van der Waals surface area contributed by atoms with Gasteiger partial charge in [-0.05, 0) is 35.9 Å². The van der Waals surface area contributed by atoms with Crippen LogP contribution in [0.15, 0.2) is 46.9 Å². The van der Waals surface area contributed by atoms with Gasteiger partial charge in [0.2, 0.25) is 0 Å². The molecular weight excluding hydrogens is 334 g/mol. The normalized spacial score (nSPS) is 10.2. The molecule has 0 radical (unpaired) electrons. The number of hydrogen-bond donors (Lipinski definition) is 1. The Kier molecular flexibility index (Phi) is 5.22. The highest BCUT2D eigenvalue weighted by Crippen LogP contribution is 2.23. The van der Waals surface area contributed by atoms with Crippen LogP contribution in [0.3, 0.4) is 0 Å².